The van der Waals surface area contributed by atoms with Gasteiger partial charge < -0.3 is 10.4 Å². The minimum atomic E-state index is -2.95. The Labute approximate surface area is 316 Å². The summed E-state index contributed by atoms with van der Waals surface area (Å²) in [4.78, 5) is 28.2. The Balaban J connectivity index is 1.17. The van der Waals surface area contributed by atoms with Gasteiger partial charge in [0.25, 0.3) is 0 Å². The highest BCUT2D eigenvalue weighted by molar-refractivity contribution is 7.91. The number of aromatic carboxylic acids is 1. The standard InChI is InChI=1S/C44H61FN2O5S/c1-8-44-20-19-43(39(50)46-21-22-47-23-25-53(51,52)26-24-47)18-13-30(28(2)3)37(43)33(44)11-12-36-41(6)16-14-32(31-10-9-29(38(48)49)27-34(31)45)40(4,5)35(41)15-17-42(36,44)7/h8-10,14,27,30,33,35-37H,1-2,11-13,15-26H2,3-7H3,(H,46,50)(H,48,49). The highest BCUT2D eigenvalue weighted by Crippen LogP contribution is 2.78. The molecule has 290 valence electrons. The number of hydrogen-bond acceptors (Lipinski definition) is 5. The van der Waals surface area contributed by atoms with Crippen molar-refractivity contribution in [1.29, 1.82) is 0 Å². The van der Waals surface area contributed by atoms with Gasteiger partial charge in [0.2, 0.25) is 5.91 Å². The topological polar surface area (TPSA) is 104 Å². The molecular formula is C44H61FN2O5S. The lowest BCUT2D eigenvalue weighted by atomic mass is 9.32. The number of allylic oxidation sites excluding steroid dienone is 4. The van der Waals surface area contributed by atoms with Gasteiger partial charge in [-0.3, -0.25) is 9.69 Å². The van der Waals surface area contributed by atoms with Gasteiger partial charge in [-0.05, 0) is 134 Å². The third kappa shape index (κ3) is 5.74. The van der Waals surface area contributed by atoms with Gasteiger partial charge in [-0.1, -0.05) is 58.1 Å². The lowest BCUT2D eigenvalue weighted by Gasteiger charge is -2.72. The van der Waals surface area contributed by atoms with Crippen molar-refractivity contribution in [2.24, 2.45) is 56.7 Å². The van der Waals surface area contributed by atoms with Gasteiger partial charge in [-0.15, -0.1) is 6.58 Å². The minimum Gasteiger partial charge on any atom is -0.478 e. The Hall–Kier alpha value is -2.78. The molecule has 1 saturated heterocycles. The summed E-state index contributed by atoms with van der Waals surface area (Å²) in [5, 5.41) is 12.8. The van der Waals surface area contributed by atoms with Crippen LogP contribution in [0.2, 0.25) is 0 Å². The number of halogens is 1. The molecule has 53 heavy (non-hydrogen) atoms. The van der Waals surface area contributed by atoms with E-state index in [9.17, 15) is 23.1 Å². The summed E-state index contributed by atoms with van der Waals surface area (Å²) in [6, 6.07) is 4.33. The van der Waals surface area contributed by atoms with Gasteiger partial charge >= 0.3 is 5.97 Å². The fourth-order valence-electron chi connectivity index (χ4n) is 14.1. The van der Waals surface area contributed by atoms with Gasteiger partial charge in [0, 0.05) is 31.7 Å². The third-order valence-corrected chi connectivity index (χ3v) is 18.2. The van der Waals surface area contributed by atoms with Crippen LogP contribution in [0.1, 0.15) is 108 Å². The van der Waals surface area contributed by atoms with Crippen molar-refractivity contribution < 1.29 is 27.5 Å². The van der Waals surface area contributed by atoms with E-state index in [4.69, 9.17) is 0 Å². The van der Waals surface area contributed by atoms with E-state index in [0.29, 0.717) is 49.5 Å². The van der Waals surface area contributed by atoms with Gasteiger partial charge in [0.1, 0.15) is 5.82 Å². The average molecular weight is 749 g/mol. The maximum atomic E-state index is 15.6. The molecule has 0 aromatic heterocycles. The first-order chi connectivity index (χ1) is 24.9. The third-order valence-electron chi connectivity index (χ3n) is 16.6. The van der Waals surface area contributed by atoms with E-state index < -0.39 is 27.0 Å². The van der Waals surface area contributed by atoms with Crippen molar-refractivity contribution in [3.63, 3.8) is 0 Å². The lowest BCUT2D eigenvalue weighted by Crippen LogP contribution is -2.66. The first-order valence-electron chi connectivity index (χ1n) is 20.1. The molecule has 7 nitrogen and oxygen atoms in total. The monoisotopic (exact) mass is 748 g/mol. The first kappa shape index (κ1) is 38.5. The fraction of sp³-hybridized carbons (Fsp3) is 0.682. The predicted octanol–water partition coefficient (Wildman–Crippen LogP) is 8.19. The second-order valence-corrected chi connectivity index (χ2v) is 21.3. The molecule has 1 aromatic carbocycles. The molecule has 1 aromatic rings. The van der Waals surface area contributed by atoms with Crippen LogP contribution in [-0.2, 0) is 14.6 Å². The highest BCUT2D eigenvalue weighted by Gasteiger charge is 2.72. The summed E-state index contributed by atoms with van der Waals surface area (Å²) in [5.74, 6) is 0.509. The number of sulfone groups is 1. The SMILES string of the molecule is C=CC12CCC3(C(=O)NCCN4CCS(=O)(=O)CC4)CCC(C(=C)C)C3C1CCC1C3(C)CC=C(c4ccc(C(=O)O)cc4F)C(C)(C)C3CCC12C. The number of benzene rings is 1. The van der Waals surface area contributed by atoms with E-state index in [1.165, 1.54) is 11.6 Å². The van der Waals surface area contributed by atoms with Crippen LogP contribution >= 0.6 is 0 Å². The van der Waals surface area contributed by atoms with E-state index in [-0.39, 0.29) is 56.5 Å². The zero-order valence-corrected chi connectivity index (χ0v) is 33.4. The molecule has 0 spiro atoms. The molecule has 2 N–H and O–H groups in total. The molecule has 0 bridgehead atoms. The fourth-order valence-corrected chi connectivity index (χ4v) is 15.4. The van der Waals surface area contributed by atoms with Gasteiger partial charge in [0.15, 0.2) is 9.84 Å². The zero-order chi connectivity index (χ0) is 38.4. The van der Waals surface area contributed by atoms with Crippen LogP contribution in [0, 0.1) is 62.5 Å². The number of amides is 1. The van der Waals surface area contributed by atoms with E-state index in [2.05, 4.69) is 70.1 Å². The molecule has 1 aliphatic heterocycles. The Bertz CT molecular complexity index is 1840. The van der Waals surface area contributed by atoms with Crippen molar-refractivity contribution in [3.8, 4) is 0 Å². The number of rotatable bonds is 8. The summed E-state index contributed by atoms with van der Waals surface area (Å²) in [7, 11) is -2.95. The van der Waals surface area contributed by atoms with E-state index >= 15 is 4.39 Å². The van der Waals surface area contributed by atoms with Gasteiger partial charge in [-0.2, -0.15) is 0 Å². The van der Waals surface area contributed by atoms with Crippen LogP contribution in [0.5, 0.6) is 0 Å². The van der Waals surface area contributed by atoms with Gasteiger partial charge in [-0.25, -0.2) is 17.6 Å². The van der Waals surface area contributed by atoms with Crippen LogP contribution in [0.4, 0.5) is 4.39 Å². The van der Waals surface area contributed by atoms with Gasteiger partial charge in [0.05, 0.1) is 22.5 Å². The van der Waals surface area contributed by atoms with Crippen molar-refractivity contribution in [2.45, 2.75) is 92.4 Å². The summed E-state index contributed by atoms with van der Waals surface area (Å²) in [6.07, 6.45) is 13.3. The molecule has 9 heteroatoms. The average Bonchev–Trinajstić information content (AvgIpc) is 3.50. The van der Waals surface area contributed by atoms with Crippen molar-refractivity contribution in [3.05, 3.63) is 66.0 Å². The Morgan fingerprint density at radius 2 is 1.74 bits per heavy atom. The van der Waals surface area contributed by atoms with Crippen molar-refractivity contribution >= 4 is 27.3 Å². The summed E-state index contributed by atoms with van der Waals surface area (Å²) in [6.45, 7) is 23.1. The largest absolute Gasteiger partial charge is 0.478 e. The number of carbonyl (C=O) groups excluding carboxylic acids is 1. The molecule has 1 heterocycles. The zero-order valence-electron chi connectivity index (χ0n) is 32.6. The van der Waals surface area contributed by atoms with Crippen LogP contribution in [0.15, 0.2) is 49.1 Å². The van der Waals surface area contributed by atoms with Crippen LogP contribution < -0.4 is 5.32 Å². The summed E-state index contributed by atoms with van der Waals surface area (Å²) < 4.78 is 39.5. The molecule has 4 saturated carbocycles. The summed E-state index contributed by atoms with van der Waals surface area (Å²) in [5.41, 5.74) is 1.74. The smallest absolute Gasteiger partial charge is 0.335 e. The Morgan fingerprint density at radius 1 is 1.02 bits per heavy atom. The summed E-state index contributed by atoms with van der Waals surface area (Å²) >= 11 is 0. The number of fused-ring (bicyclic) bond motifs is 7. The number of hydrogen-bond donors (Lipinski definition) is 2. The highest BCUT2D eigenvalue weighted by atomic mass is 32.2. The number of nitrogens with zero attached hydrogens (tertiary/aromatic N) is 1. The Morgan fingerprint density at radius 3 is 2.38 bits per heavy atom. The lowest BCUT2D eigenvalue weighted by molar-refractivity contribution is -0.213. The first-order valence-corrected chi connectivity index (χ1v) is 21.9. The predicted molar refractivity (Wildman–Crippen MR) is 208 cm³/mol. The van der Waals surface area contributed by atoms with Crippen molar-refractivity contribution in [1.82, 2.24) is 10.2 Å². The molecule has 5 aliphatic carbocycles. The maximum absolute atomic E-state index is 15.6. The molecule has 1 amide bonds. The number of carbonyl (C=O) groups is 2. The normalized spacial score (nSPS) is 40.0. The molecule has 7 rings (SSSR count). The molecule has 9 atom stereocenters. The van der Waals surface area contributed by atoms with E-state index in [1.807, 2.05) is 0 Å². The molecule has 9 unspecified atom stereocenters. The quantitative estimate of drug-likeness (QED) is 0.260. The van der Waals surface area contributed by atoms with Crippen LogP contribution in [-0.4, -0.2) is 68.0 Å². The van der Waals surface area contributed by atoms with Crippen LogP contribution in [0.3, 0.4) is 0 Å². The number of carboxylic acids is 1. The molecular weight excluding hydrogens is 688 g/mol. The number of carboxylic acid groups (broad SMARTS) is 1. The van der Waals surface area contributed by atoms with E-state index in [1.54, 1.807) is 6.07 Å². The maximum Gasteiger partial charge on any atom is 0.335 e. The van der Waals surface area contributed by atoms with Crippen molar-refractivity contribution in [2.75, 3.05) is 37.7 Å². The Kier molecular flexibility index (Phi) is 9.56. The van der Waals surface area contributed by atoms with E-state index in [0.717, 1.165) is 69.4 Å². The van der Waals surface area contributed by atoms with Crippen LogP contribution in [0.25, 0.3) is 5.57 Å². The molecule has 6 aliphatic rings. The molecule has 5 fully saturated rings. The minimum absolute atomic E-state index is 0.0123. The second-order valence-electron chi connectivity index (χ2n) is 19.0. The molecule has 0 radical (unpaired) electrons. The number of nitrogens with one attached hydrogen (secondary N) is 1. The second kappa shape index (κ2) is 13.2.